The molecule has 1 aromatic carbocycles. The molecule has 0 bridgehead atoms. The number of aliphatic hydroxyl groups is 3. The van der Waals surface area contributed by atoms with Gasteiger partial charge in [0.25, 0.3) is 5.91 Å². The van der Waals surface area contributed by atoms with E-state index in [1.807, 2.05) is 6.08 Å². The topological polar surface area (TPSA) is 81.0 Å². The van der Waals surface area contributed by atoms with E-state index in [0.717, 1.165) is 49.8 Å². The first-order chi connectivity index (χ1) is 22.7. The van der Waals surface area contributed by atoms with Gasteiger partial charge in [-0.3, -0.25) is 4.79 Å². The number of benzene rings is 1. The van der Waals surface area contributed by atoms with Gasteiger partial charge in [-0.05, 0) is 123 Å². The molecule has 5 rings (SSSR count). The van der Waals surface area contributed by atoms with Crippen molar-refractivity contribution in [2.24, 2.45) is 23.2 Å². The number of rotatable bonds is 8. The van der Waals surface area contributed by atoms with Gasteiger partial charge in [0.2, 0.25) is 0 Å². The van der Waals surface area contributed by atoms with Crippen LogP contribution in [0.5, 0.6) is 0 Å². The lowest BCUT2D eigenvalue weighted by molar-refractivity contribution is -0.143. The summed E-state index contributed by atoms with van der Waals surface area (Å²) in [5, 5.41) is 31.4. The smallest absolute Gasteiger partial charge is 0.393 e. The molecule has 0 spiro atoms. The molecule has 3 aliphatic carbocycles. The number of amides is 1. The second kappa shape index (κ2) is 13.8. The molecule has 8 atom stereocenters. The van der Waals surface area contributed by atoms with Crippen LogP contribution in [0.4, 0.5) is 26.3 Å². The number of likely N-dealkylation sites (tertiary alicyclic amines) is 1. The van der Waals surface area contributed by atoms with Crippen molar-refractivity contribution in [2.45, 2.75) is 128 Å². The van der Waals surface area contributed by atoms with Gasteiger partial charge in [0.05, 0.1) is 23.3 Å². The zero-order valence-electron chi connectivity index (χ0n) is 28.5. The van der Waals surface area contributed by atoms with Crippen LogP contribution < -0.4 is 0 Å². The van der Waals surface area contributed by atoms with Crippen molar-refractivity contribution in [3.05, 3.63) is 70.3 Å². The average molecular weight is 698 g/mol. The highest BCUT2D eigenvalue weighted by Crippen LogP contribution is 2.60. The molecule has 4 fully saturated rings. The number of carbonyl (C=O) groups is 1. The average Bonchev–Trinajstić information content (AvgIpc) is 3.45. The molecule has 5 nitrogen and oxygen atoms in total. The normalized spacial score (nSPS) is 35.0. The van der Waals surface area contributed by atoms with Crippen molar-refractivity contribution in [1.29, 1.82) is 0 Å². The first-order valence-electron chi connectivity index (χ1n) is 17.5. The van der Waals surface area contributed by atoms with Gasteiger partial charge in [-0.2, -0.15) is 26.3 Å². The van der Waals surface area contributed by atoms with Crippen molar-refractivity contribution in [2.75, 3.05) is 6.54 Å². The summed E-state index contributed by atoms with van der Waals surface area (Å²) in [6.45, 7) is 10.1. The highest BCUT2D eigenvalue weighted by Gasteiger charge is 2.53. The fraction of sp³-hybridized carbons (Fsp3) is 0.658. The van der Waals surface area contributed by atoms with Crippen LogP contribution in [0.25, 0.3) is 0 Å². The second-order valence-corrected chi connectivity index (χ2v) is 15.5. The number of fused-ring (bicyclic) bond motifs is 1. The van der Waals surface area contributed by atoms with Gasteiger partial charge in [-0.15, -0.1) is 0 Å². The maximum atomic E-state index is 13.4. The number of aliphatic hydroxyl groups excluding tert-OH is 2. The number of alkyl halides is 6. The largest absolute Gasteiger partial charge is 0.416 e. The second-order valence-electron chi connectivity index (χ2n) is 15.5. The number of hydrogen-bond donors (Lipinski definition) is 3. The Balaban J connectivity index is 1.27. The minimum atomic E-state index is -4.93. The van der Waals surface area contributed by atoms with E-state index in [0.29, 0.717) is 36.7 Å². The Bertz CT molecular complexity index is 1450. The van der Waals surface area contributed by atoms with Crippen molar-refractivity contribution in [3.8, 4) is 0 Å². The standard InChI is InChI=1S/C38H49F6NO4/c1-22(31-11-12-32-25(8-5-13-35(31,32)3)9-10-26-18-30(46)20-33(47)23(26)2)15-29-21-36(4,49)34(48)45(29)14-6-7-24-16-27(37(39,40)41)19-28(17-24)38(42,43)44/h9-10,16-17,19,22,29-33,46-47,49H,2,5-8,11-15,18,20-21H2,1,3-4H3/b25-9+,26-10-/t22-,29-,30-,31-,32+,33+,35-,36-/m1/s1. The van der Waals surface area contributed by atoms with Crippen molar-refractivity contribution in [3.63, 3.8) is 0 Å². The number of carbonyl (C=O) groups excluding carboxylic acids is 1. The third kappa shape index (κ3) is 7.99. The van der Waals surface area contributed by atoms with Crippen molar-refractivity contribution in [1.82, 2.24) is 4.90 Å². The van der Waals surface area contributed by atoms with Crippen LogP contribution in [0.3, 0.4) is 0 Å². The third-order valence-electron chi connectivity index (χ3n) is 11.9. The molecular weight excluding hydrogens is 648 g/mol. The predicted octanol–water partition coefficient (Wildman–Crippen LogP) is 8.18. The monoisotopic (exact) mass is 697 g/mol. The summed E-state index contributed by atoms with van der Waals surface area (Å²) in [4.78, 5) is 14.9. The summed E-state index contributed by atoms with van der Waals surface area (Å²) >= 11 is 0. The molecule has 3 saturated carbocycles. The Morgan fingerprint density at radius 3 is 2.33 bits per heavy atom. The van der Waals surface area contributed by atoms with Crippen molar-refractivity contribution < 1.29 is 46.5 Å². The van der Waals surface area contributed by atoms with E-state index >= 15 is 0 Å². The molecule has 0 unspecified atom stereocenters. The van der Waals surface area contributed by atoms with Crippen LogP contribution in [0.2, 0.25) is 0 Å². The maximum absolute atomic E-state index is 13.4. The Labute approximate surface area is 284 Å². The molecule has 272 valence electrons. The highest BCUT2D eigenvalue weighted by molar-refractivity contribution is 5.87. The SMILES string of the molecule is C=C1/C(=C\C=C2/CCC[C@]3(C)[C@@H]([C@H](C)C[C@@H]4C[C@@](C)(O)C(=O)N4CCCc4cc(C(F)(F)F)cc(C(F)(F)F)c4)CC[C@@H]23)C[C@@H](O)C[C@@H]1O. The molecule has 1 aromatic rings. The van der Waals surface area contributed by atoms with Crippen LogP contribution in [-0.4, -0.2) is 56.5 Å². The molecule has 1 amide bonds. The molecule has 1 heterocycles. The molecule has 0 aromatic heterocycles. The molecule has 4 aliphatic rings. The predicted molar refractivity (Wildman–Crippen MR) is 174 cm³/mol. The molecule has 1 saturated heterocycles. The minimum Gasteiger partial charge on any atom is -0.393 e. The number of halogens is 6. The molecule has 0 radical (unpaired) electrons. The first kappa shape index (κ1) is 37.6. The van der Waals surface area contributed by atoms with E-state index in [1.165, 1.54) is 12.5 Å². The Morgan fingerprint density at radius 1 is 1.04 bits per heavy atom. The molecule has 1 aliphatic heterocycles. The zero-order valence-corrected chi connectivity index (χ0v) is 28.5. The van der Waals surface area contributed by atoms with Crippen LogP contribution in [0.1, 0.15) is 102 Å². The van der Waals surface area contributed by atoms with E-state index in [9.17, 15) is 46.5 Å². The van der Waals surface area contributed by atoms with E-state index in [1.54, 1.807) is 4.90 Å². The number of nitrogens with zero attached hydrogens (tertiary/aromatic N) is 1. The minimum absolute atomic E-state index is 0.0280. The fourth-order valence-corrected chi connectivity index (χ4v) is 9.52. The van der Waals surface area contributed by atoms with Crippen LogP contribution in [0, 0.1) is 23.2 Å². The maximum Gasteiger partial charge on any atom is 0.416 e. The van der Waals surface area contributed by atoms with Gasteiger partial charge in [0.15, 0.2) is 0 Å². The summed E-state index contributed by atoms with van der Waals surface area (Å²) in [5.74, 6) is 0.463. The lowest BCUT2D eigenvalue weighted by atomic mass is 9.60. The van der Waals surface area contributed by atoms with Gasteiger partial charge in [-0.1, -0.05) is 38.2 Å². The Morgan fingerprint density at radius 2 is 1.69 bits per heavy atom. The van der Waals surface area contributed by atoms with E-state index in [-0.39, 0.29) is 54.8 Å². The number of hydrogen-bond acceptors (Lipinski definition) is 4. The zero-order chi connectivity index (χ0) is 36.1. The van der Waals surface area contributed by atoms with E-state index < -0.39 is 47.2 Å². The lowest BCUT2D eigenvalue weighted by Gasteiger charge is -2.45. The summed E-state index contributed by atoms with van der Waals surface area (Å²) in [7, 11) is 0. The lowest BCUT2D eigenvalue weighted by Crippen LogP contribution is -2.41. The van der Waals surface area contributed by atoms with Gasteiger partial charge in [0, 0.05) is 25.4 Å². The van der Waals surface area contributed by atoms with E-state index in [4.69, 9.17) is 0 Å². The molecular formula is C38H49F6NO4. The fourth-order valence-electron chi connectivity index (χ4n) is 9.52. The third-order valence-corrected chi connectivity index (χ3v) is 11.9. The quantitative estimate of drug-likeness (QED) is 0.240. The molecule has 11 heteroatoms. The first-order valence-corrected chi connectivity index (χ1v) is 17.5. The van der Waals surface area contributed by atoms with Gasteiger partial charge < -0.3 is 20.2 Å². The van der Waals surface area contributed by atoms with Crippen LogP contribution in [-0.2, 0) is 23.6 Å². The van der Waals surface area contributed by atoms with Gasteiger partial charge in [-0.25, -0.2) is 0 Å². The number of allylic oxidation sites excluding steroid dienone is 3. The molecule has 49 heavy (non-hydrogen) atoms. The van der Waals surface area contributed by atoms with Gasteiger partial charge in [0.1, 0.15) is 5.60 Å². The summed E-state index contributed by atoms with van der Waals surface area (Å²) in [5.41, 5.74) is -1.49. The van der Waals surface area contributed by atoms with Crippen LogP contribution in [0.15, 0.2) is 53.6 Å². The molecule has 3 N–H and O–H groups in total. The number of aryl methyl sites for hydroxylation is 1. The Hall–Kier alpha value is -2.63. The highest BCUT2D eigenvalue weighted by atomic mass is 19.4. The summed E-state index contributed by atoms with van der Waals surface area (Å²) in [6.07, 6.45) is -0.233. The summed E-state index contributed by atoms with van der Waals surface area (Å²) < 4.78 is 80.3. The van der Waals surface area contributed by atoms with E-state index in [2.05, 4.69) is 26.5 Å². The van der Waals surface area contributed by atoms with Gasteiger partial charge >= 0.3 is 12.4 Å². The van der Waals surface area contributed by atoms with Crippen LogP contribution >= 0.6 is 0 Å². The Kier molecular flexibility index (Phi) is 10.6. The van der Waals surface area contributed by atoms with Crippen molar-refractivity contribution >= 4 is 5.91 Å². The summed E-state index contributed by atoms with van der Waals surface area (Å²) in [6, 6.07) is 1.28.